The number of methoxy groups -OCH3 is 1. The SMILES string of the molecule is CCNC(=NCCCCN1CCN(CC)CC1)NCCOc1ccc(OC)cc1.I. The number of ether oxygens (including phenoxy) is 2. The van der Waals surface area contributed by atoms with Crippen molar-refractivity contribution in [1.82, 2.24) is 20.4 Å². The molecule has 0 atom stereocenters. The summed E-state index contributed by atoms with van der Waals surface area (Å²) in [5, 5.41) is 6.64. The predicted molar refractivity (Wildman–Crippen MR) is 136 cm³/mol. The van der Waals surface area contributed by atoms with Crippen LogP contribution in [0.2, 0.25) is 0 Å². The first-order chi connectivity index (χ1) is 14.2. The van der Waals surface area contributed by atoms with E-state index >= 15 is 0 Å². The topological polar surface area (TPSA) is 61.4 Å². The molecule has 1 aromatic carbocycles. The van der Waals surface area contributed by atoms with Gasteiger partial charge in [-0.2, -0.15) is 0 Å². The minimum Gasteiger partial charge on any atom is -0.497 e. The van der Waals surface area contributed by atoms with E-state index in [2.05, 4.69) is 39.3 Å². The molecule has 1 aliphatic heterocycles. The number of halogens is 1. The summed E-state index contributed by atoms with van der Waals surface area (Å²) in [7, 11) is 1.66. The molecule has 30 heavy (non-hydrogen) atoms. The van der Waals surface area contributed by atoms with Gasteiger partial charge in [0.05, 0.1) is 13.7 Å². The van der Waals surface area contributed by atoms with Crippen molar-refractivity contribution in [1.29, 1.82) is 0 Å². The van der Waals surface area contributed by atoms with Gasteiger partial charge in [-0.3, -0.25) is 4.99 Å². The molecule has 0 aromatic heterocycles. The lowest BCUT2D eigenvalue weighted by Gasteiger charge is -2.33. The van der Waals surface area contributed by atoms with Crippen LogP contribution in [0.1, 0.15) is 26.7 Å². The van der Waals surface area contributed by atoms with Crippen LogP contribution in [0.3, 0.4) is 0 Å². The van der Waals surface area contributed by atoms with Gasteiger partial charge in [-0.15, -0.1) is 24.0 Å². The van der Waals surface area contributed by atoms with Crippen LogP contribution < -0.4 is 20.1 Å². The Morgan fingerprint density at radius 1 is 0.967 bits per heavy atom. The molecule has 0 unspecified atom stereocenters. The van der Waals surface area contributed by atoms with Crippen molar-refractivity contribution in [2.24, 2.45) is 4.99 Å². The van der Waals surface area contributed by atoms with E-state index in [0.29, 0.717) is 13.2 Å². The van der Waals surface area contributed by atoms with Gasteiger partial charge in [0, 0.05) is 39.3 Å². The Bertz CT molecular complexity index is 577. The van der Waals surface area contributed by atoms with Crippen LogP contribution in [0.5, 0.6) is 11.5 Å². The molecule has 1 fully saturated rings. The van der Waals surface area contributed by atoms with E-state index in [-0.39, 0.29) is 24.0 Å². The van der Waals surface area contributed by atoms with Gasteiger partial charge in [-0.1, -0.05) is 6.92 Å². The lowest BCUT2D eigenvalue weighted by molar-refractivity contribution is 0.136. The molecular weight excluding hydrogens is 493 g/mol. The third-order valence-corrected chi connectivity index (χ3v) is 5.13. The quantitative estimate of drug-likeness (QED) is 0.187. The number of rotatable bonds is 12. The molecule has 0 spiro atoms. The number of benzene rings is 1. The van der Waals surface area contributed by atoms with Crippen LogP contribution in [0.25, 0.3) is 0 Å². The maximum Gasteiger partial charge on any atom is 0.191 e. The van der Waals surface area contributed by atoms with Crippen LogP contribution in [0.4, 0.5) is 0 Å². The van der Waals surface area contributed by atoms with Crippen LogP contribution >= 0.6 is 24.0 Å². The van der Waals surface area contributed by atoms with Crippen molar-refractivity contribution < 1.29 is 9.47 Å². The van der Waals surface area contributed by atoms with Crippen LogP contribution in [0, 0.1) is 0 Å². The fraction of sp³-hybridized carbons (Fsp3) is 0.682. The zero-order valence-electron chi connectivity index (χ0n) is 18.9. The molecule has 2 rings (SSSR count). The summed E-state index contributed by atoms with van der Waals surface area (Å²) in [6.45, 7) is 14.5. The number of guanidine groups is 1. The van der Waals surface area contributed by atoms with Crippen molar-refractivity contribution in [3.8, 4) is 11.5 Å². The van der Waals surface area contributed by atoms with Gasteiger partial charge in [0.15, 0.2) is 5.96 Å². The lowest BCUT2D eigenvalue weighted by atomic mass is 10.2. The average Bonchev–Trinajstić information content (AvgIpc) is 2.77. The molecule has 172 valence electrons. The third-order valence-electron chi connectivity index (χ3n) is 5.13. The number of hydrogen-bond donors (Lipinski definition) is 2. The van der Waals surface area contributed by atoms with Gasteiger partial charge in [0.1, 0.15) is 18.1 Å². The third kappa shape index (κ3) is 10.7. The fourth-order valence-corrected chi connectivity index (χ4v) is 3.32. The number of aliphatic imine (C=N–C) groups is 1. The maximum atomic E-state index is 5.75. The normalized spacial score (nSPS) is 15.4. The average molecular weight is 533 g/mol. The second kappa shape index (κ2) is 16.4. The summed E-state index contributed by atoms with van der Waals surface area (Å²) in [5.41, 5.74) is 0. The van der Waals surface area contributed by atoms with E-state index in [1.165, 1.54) is 45.7 Å². The molecule has 0 bridgehead atoms. The highest BCUT2D eigenvalue weighted by atomic mass is 127. The van der Waals surface area contributed by atoms with Gasteiger partial charge in [-0.25, -0.2) is 0 Å². The number of nitrogens with one attached hydrogen (secondary N) is 2. The van der Waals surface area contributed by atoms with E-state index in [4.69, 9.17) is 9.47 Å². The maximum absolute atomic E-state index is 5.75. The number of piperazine rings is 1. The molecule has 0 saturated carbocycles. The zero-order chi connectivity index (χ0) is 20.7. The number of hydrogen-bond acceptors (Lipinski definition) is 5. The Kier molecular flexibility index (Phi) is 14.7. The highest BCUT2D eigenvalue weighted by molar-refractivity contribution is 14.0. The van der Waals surface area contributed by atoms with Gasteiger partial charge in [0.25, 0.3) is 0 Å². The standard InChI is InChI=1S/C22H39N5O2.HI/c1-4-23-22(25-13-19-29-21-10-8-20(28-3)9-11-21)24-12-6-7-14-27-17-15-26(5-2)16-18-27;/h8-11H,4-7,12-19H2,1-3H3,(H2,23,24,25);1H. The summed E-state index contributed by atoms with van der Waals surface area (Å²) in [6.07, 6.45) is 2.32. The highest BCUT2D eigenvalue weighted by Crippen LogP contribution is 2.16. The number of unbranched alkanes of at least 4 members (excludes halogenated alkanes) is 1. The largest absolute Gasteiger partial charge is 0.497 e. The Hall–Kier alpha value is -1.26. The van der Waals surface area contributed by atoms with Crippen molar-refractivity contribution in [2.75, 3.05) is 72.6 Å². The van der Waals surface area contributed by atoms with E-state index in [1.807, 2.05) is 24.3 Å². The van der Waals surface area contributed by atoms with Crippen molar-refractivity contribution in [2.45, 2.75) is 26.7 Å². The molecular formula is C22H40IN5O2. The summed E-state index contributed by atoms with van der Waals surface area (Å²) in [4.78, 5) is 9.78. The van der Waals surface area contributed by atoms with Crippen LogP contribution in [-0.4, -0.2) is 88.4 Å². The smallest absolute Gasteiger partial charge is 0.191 e. The lowest BCUT2D eigenvalue weighted by Crippen LogP contribution is -2.46. The second-order valence-electron chi connectivity index (χ2n) is 7.19. The monoisotopic (exact) mass is 533 g/mol. The van der Waals surface area contributed by atoms with Crippen LogP contribution in [0.15, 0.2) is 29.3 Å². The van der Waals surface area contributed by atoms with Crippen molar-refractivity contribution in [3.63, 3.8) is 0 Å². The molecule has 7 nitrogen and oxygen atoms in total. The highest BCUT2D eigenvalue weighted by Gasteiger charge is 2.14. The number of likely N-dealkylation sites (N-methyl/N-ethyl adjacent to an activating group) is 1. The van der Waals surface area contributed by atoms with E-state index in [0.717, 1.165) is 37.0 Å². The Balaban J connectivity index is 0.00000450. The van der Waals surface area contributed by atoms with Crippen molar-refractivity contribution in [3.05, 3.63) is 24.3 Å². The summed E-state index contributed by atoms with van der Waals surface area (Å²) >= 11 is 0. The van der Waals surface area contributed by atoms with Gasteiger partial charge in [0.2, 0.25) is 0 Å². The predicted octanol–water partition coefficient (Wildman–Crippen LogP) is 2.66. The fourth-order valence-electron chi connectivity index (χ4n) is 3.32. The Morgan fingerprint density at radius 2 is 1.63 bits per heavy atom. The zero-order valence-corrected chi connectivity index (χ0v) is 21.2. The molecule has 1 aromatic rings. The van der Waals surface area contributed by atoms with E-state index in [9.17, 15) is 0 Å². The molecule has 1 saturated heterocycles. The molecule has 0 aliphatic carbocycles. The van der Waals surface area contributed by atoms with Gasteiger partial charge < -0.3 is 29.9 Å². The summed E-state index contributed by atoms with van der Waals surface area (Å²) in [6, 6.07) is 7.64. The first-order valence-corrected chi connectivity index (χ1v) is 11.0. The molecule has 2 N–H and O–H groups in total. The first kappa shape index (κ1) is 26.8. The van der Waals surface area contributed by atoms with Gasteiger partial charge >= 0.3 is 0 Å². The molecule has 8 heteroatoms. The number of nitrogens with zero attached hydrogens (tertiary/aromatic N) is 3. The second-order valence-corrected chi connectivity index (χ2v) is 7.19. The molecule has 1 heterocycles. The van der Waals surface area contributed by atoms with Gasteiger partial charge in [-0.05, 0) is 57.1 Å². The van der Waals surface area contributed by atoms with Crippen molar-refractivity contribution >= 4 is 29.9 Å². The molecule has 0 amide bonds. The molecule has 1 aliphatic rings. The Labute approximate surface area is 199 Å². The minimum atomic E-state index is 0. The van der Waals surface area contributed by atoms with E-state index < -0.39 is 0 Å². The van der Waals surface area contributed by atoms with Crippen LogP contribution in [-0.2, 0) is 0 Å². The minimum absolute atomic E-state index is 0. The summed E-state index contributed by atoms with van der Waals surface area (Å²) < 4.78 is 10.9. The first-order valence-electron chi connectivity index (χ1n) is 11.0. The molecule has 0 radical (unpaired) electrons. The Morgan fingerprint density at radius 3 is 2.27 bits per heavy atom. The van der Waals surface area contributed by atoms with E-state index in [1.54, 1.807) is 7.11 Å². The summed E-state index contributed by atoms with van der Waals surface area (Å²) in [5.74, 6) is 2.54.